The fraction of sp³-hybridized carbons (Fsp3) is 0.0909. The lowest BCUT2D eigenvalue weighted by Gasteiger charge is -2.04. The molecule has 0 unspecified atom stereocenters. The SMILES string of the molecule is C=Cc1cc2oc3c4ccccc4c(O)cc3c2cc1C(=C)O.CC. The topological polar surface area (TPSA) is 53.6 Å². The van der Waals surface area contributed by atoms with Crippen LogP contribution in [0.4, 0.5) is 0 Å². The molecule has 3 aromatic carbocycles. The highest BCUT2D eigenvalue weighted by Crippen LogP contribution is 2.39. The van der Waals surface area contributed by atoms with Crippen LogP contribution < -0.4 is 0 Å². The van der Waals surface area contributed by atoms with E-state index in [1.54, 1.807) is 12.1 Å². The Balaban J connectivity index is 0.000000880. The van der Waals surface area contributed by atoms with Crippen LogP contribution in [0.5, 0.6) is 5.75 Å². The molecule has 0 fully saturated rings. The summed E-state index contributed by atoms with van der Waals surface area (Å²) in [7, 11) is 0. The van der Waals surface area contributed by atoms with Gasteiger partial charge in [0.25, 0.3) is 0 Å². The second-order valence-corrected chi connectivity index (χ2v) is 5.51. The molecule has 0 bridgehead atoms. The molecule has 1 heterocycles. The summed E-state index contributed by atoms with van der Waals surface area (Å²) in [5, 5.41) is 23.3. The number of rotatable bonds is 2. The van der Waals surface area contributed by atoms with Crippen molar-refractivity contribution in [2.45, 2.75) is 13.8 Å². The van der Waals surface area contributed by atoms with Crippen molar-refractivity contribution in [3.05, 3.63) is 66.7 Å². The van der Waals surface area contributed by atoms with Crippen molar-refractivity contribution >= 4 is 44.5 Å². The summed E-state index contributed by atoms with van der Waals surface area (Å²) in [4.78, 5) is 0. The Kier molecular flexibility index (Phi) is 4.24. The number of aliphatic hydroxyl groups is 1. The smallest absolute Gasteiger partial charge is 0.143 e. The van der Waals surface area contributed by atoms with Gasteiger partial charge in [-0.3, -0.25) is 0 Å². The number of hydrogen-bond donors (Lipinski definition) is 2. The van der Waals surface area contributed by atoms with Crippen LogP contribution in [-0.2, 0) is 0 Å². The zero-order valence-electron chi connectivity index (χ0n) is 14.3. The molecule has 1 aromatic heterocycles. The van der Waals surface area contributed by atoms with Crippen molar-refractivity contribution in [2.24, 2.45) is 0 Å². The summed E-state index contributed by atoms with van der Waals surface area (Å²) in [6.45, 7) is 11.4. The first-order chi connectivity index (χ1) is 12.1. The van der Waals surface area contributed by atoms with E-state index in [0.717, 1.165) is 27.1 Å². The van der Waals surface area contributed by atoms with Gasteiger partial charge in [0, 0.05) is 27.1 Å². The average molecular weight is 332 g/mol. The normalized spacial score (nSPS) is 10.6. The van der Waals surface area contributed by atoms with Crippen LogP contribution in [0, 0.1) is 0 Å². The molecule has 0 aliphatic rings. The second-order valence-electron chi connectivity index (χ2n) is 5.51. The predicted molar refractivity (Wildman–Crippen MR) is 106 cm³/mol. The van der Waals surface area contributed by atoms with Gasteiger partial charge in [0.15, 0.2) is 0 Å². The van der Waals surface area contributed by atoms with Crippen LogP contribution in [0.25, 0.3) is 44.5 Å². The van der Waals surface area contributed by atoms with Gasteiger partial charge < -0.3 is 14.6 Å². The summed E-state index contributed by atoms with van der Waals surface area (Å²) in [6.07, 6.45) is 1.65. The lowest BCUT2D eigenvalue weighted by Crippen LogP contribution is -1.86. The highest BCUT2D eigenvalue weighted by molar-refractivity contribution is 6.17. The van der Waals surface area contributed by atoms with E-state index < -0.39 is 0 Å². The van der Waals surface area contributed by atoms with Crippen molar-refractivity contribution in [3.63, 3.8) is 0 Å². The quantitative estimate of drug-likeness (QED) is 0.404. The van der Waals surface area contributed by atoms with E-state index in [0.29, 0.717) is 16.7 Å². The van der Waals surface area contributed by atoms with E-state index in [1.165, 1.54) is 0 Å². The maximum atomic E-state index is 10.3. The van der Waals surface area contributed by atoms with E-state index in [1.807, 2.05) is 50.2 Å². The number of phenols is 1. The molecule has 0 radical (unpaired) electrons. The van der Waals surface area contributed by atoms with E-state index in [9.17, 15) is 10.2 Å². The van der Waals surface area contributed by atoms with Crippen molar-refractivity contribution in [1.29, 1.82) is 0 Å². The van der Waals surface area contributed by atoms with E-state index in [4.69, 9.17) is 4.42 Å². The fourth-order valence-corrected chi connectivity index (χ4v) is 3.06. The summed E-state index contributed by atoms with van der Waals surface area (Å²) < 4.78 is 6.03. The summed E-state index contributed by atoms with van der Waals surface area (Å²) in [6, 6.07) is 12.9. The number of aromatic hydroxyl groups is 1. The van der Waals surface area contributed by atoms with Crippen LogP contribution in [0.3, 0.4) is 0 Å². The highest BCUT2D eigenvalue weighted by Gasteiger charge is 2.15. The van der Waals surface area contributed by atoms with Gasteiger partial charge in [-0.15, -0.1) is 0 Å². The van der Waals surface area contributed by atoms with E-state index >= 15 is 0 Å². The molecule has 3 heteroatoms. The second kappa shape index (κ2) is 6.36. The van der Waals surface area contributed by atoms with Gasteiger partial charge in [-0.2, -0.15) is 0 Å². The molecule has 0 saturated carbocycles. The molecular weight excluding hydrogens is 312 g/mol. The number of phenolic OH excluding ortho intramolecular Hbond substituents is 1. The summed E-state index contributed by atoms with van der Waals surface area (Å²) in [5.41, 5.74) is 2.74. The van der Waals surface area contributed by atoms with Crippen LogP contribution in [-0.4, -0.2) is 10.2 Å². The number of benzene rings is 3. The Morgan fingerprint density at radius 1 is 1.00 bits per heavy atom. The first kappa shape index (κ1) is 16.7. The van der Waals surface area contributed by atoms with Gasteiger partial charge in [0.05, 0.1) is 0 Å². The summed E-state index contributed by atoms with van der Waals surface area (Å²) in [5.74, 6) is 0.175. The minimum Gasteiger partial charge on any atom is -0.508 e. The van der Waals surface area contributed by atoms with Gasteiger partial charge in [-0.25, -0.2) is 0 Å². The van der Waals surface area contributed by atoms with Crippen molar-refractivity contribution in [1.82, 2.24) is 0 Å². The van der Waals surface area contributed by atoms with Crippen LogP contribution in [0.1, 0.15) is 25.0 Å². The number of fused-ring (bicyclic) bond motifs is 5. The standard InChI is InChI=1S/C20H14O3.C2H6/c1-3-12-8-19-16(9-15(12)11(2)21)17-10-18(22)13-6-4-5-7-14(13)20(17)23-19;1-2/h3-10,21-22H,1-2H2;1-2H3. The third-order valence-electron chi connectivity index (χ3n) is 4.16. The van der Waals surface area contributed by atoms with Crippen LogP contribution in [0.15, 0.2) is 60.0 Å². The zero-order valence-corrected chi connectivity index (χ0v) is 14.3. The molecule has 2 N–H and O–H groups in total. The third-order valence-corrected chi connectivity index (χ3v) is 4.16. The molecule has 4 rings (SSSR count). The number of furan rings is 1. The maximum absolute atomic E-state index is 10.3. The lowest BCUT2D eigenvalue weighted by atomic mass is 10.0. The predicted octanol–water partition coefficient (Wildman–Crippen LogP) is 6.64. The molecule has 0 aliphatic heterocycles. The van der Waals surface area contributed by atoms with Gasteiger partial charge in [-0.1, -0.05) is 57.3 Å². The molecule has 0 spiro atoms. The van der Waals surface area contributed by atoms with Crippen molar-refractivity contribution < 1.29 is 14.6 Å². The molecule has 0 aliphatic carbocycles. The first-order valence-corrected chi connectivity index (χ1v) is 8.22. The molecule has 3 nitrogen and oxygen atoms in total. The minimum absolute atomic E-state index is 0.0267. The largest absolute Gasteiger partial charge is 0.508 e. The number of hydrogen-bond acceptors (Lipinski definition) is 3. The molecule has 0 saturated heterocycles. The Labute approximate surface area is 146 Å². The molecule has 126 valence electrons. The monoisotopic (exact) mass is 332 g/mol. The van der Waals surface area contributed by atoms with Crippen LogP contribution >= 0.6 is 0 Å². The highest BCUT2D eigenvalue weighted by atomic mass is 16.3. The van der Waals surface area contributed by atoms with Gasteiger partial charge >= 0.3 is 0 Å². The molecule has 4 aromatic rings. The molecular formula is C22H20O3. The van der Waals surface area contributed by atoms with Crippen LogP contribution in [0.2, 0.25) is 0 Å². The van der Waals surface area contributed by atoms with E-state index in [-0.39, 0.29) is 11.5 Å². The number of aliphatic hydroxyl groups excluding tert-OH is 1. The lowest BCUT2D eigenvalue weighted by molar-refractivity contribution is 0.482. The zero-order chi connectivity index (χ0) is 18.1. The Hall–Kier alpha value is -3.20. The fourth-order valence-electron chi connectivity index (χ4n) is 3.06. The maximum Gasteiger partial charge on any atom is 0.143 e. The Morgan fingerprint density at radius 2 is 1.68 bits per heavy atom. The minimum atomic E-state index is -0.0267. The van der Waals surface area contributed by atoms with Crippen molar-refractivity contribution in [2.75, 3.05) is 0 Å². The van der Waals surface area contributed by atoms with Gasteiger partial charge in [-0.05, 0) is 23.8 Å². The molecule has 0 amide bonds. The molecule has 0 atom stereocenters. The summed E-state index contributed by atoms with van der Waals surface area (Å²) >= 11 is 0. The van der Waals surface area contributed by atoms with Gasteiger partial charge in [0.2, 0.25) is 0 Å². The van der Waals surface area contributed by atoms with E-state index in [2.05, 4.69) is 13.2 Å². The first-order valence-electron chi connectivity index (χ1n) is 8.22. The third kappa shape index (κ3) is 2.54. The van der Waals surface area contributed by atoms with Gasteiger partial charge in [0.1, 0.15) is 22.7 Å². The Bertz CT molecular complexity index is 1120. The molecule has 25 heavy (non-hydrogen) atoms. The average Bonchev–Trinajstić information content (AvgIpc) is 3.00. The Morgan fingerprint density at radius 3 is 2.32 bits per heavy atom. The van der Waals surface area contributed by atoms with Crippen molar-refractivity contribution in [3.8, 4) is 5.75 Å².